The summed E-state index contributed by atoms with van der Waals surface area (Å²) in [5.41, 5.74) is -1.88. The van der Waals surface area contributed by atoms with E-state index < -0.39 is 17.5 Å². The highest BCUT2D eigenvalue weighted by Crippen LogP contribution is 2.29. The maximum absolute atomic E-state index is 12.5. The Kier molecular flexibility index (Phi) is 4.19. The Bertz CT molecular complexity index is 435. The van der Waals surface area contributed by atoms with Gasteiger partial charge < -0.3 is 10.4 Å². The fourth-order valence-corrected chi connectivity index (χ4v) is 3.03. The second kappa shape index (κ2) is 5.54. The van der Waals surface area contributed by atoms with E-state index in [1.165, 1.54) is 0 Å². The Labute approximate surface area is 112 Å². The lowest BCUT2D eigenvalue weighted by Gasteiger charge is -2.31. The van der Waals surface area contributed by atoms with Gasteiger partial charge in [0.25, 0.3) is 0 Å². The van der Waals surface area contributed by atoms with Crippen LogP contribution in [0.3, 0.4) is 0 Å². The first kappa shape index (κ1) is 14.4. The van der Waals surface area contributed by atoms with Gasteiger partial charge in [0.1, 0.15) is 5.69 Å². The predicted octanol–water partition coefficient (Wildman–Crippen LogP) is 2.17. The molecule has 0 saturated carbocycles. The molecule has 4 nitrogen and oxygen atoms in total. The molecule has 1 aromatic rings. The second-order valence-electron chi connectivity index (χ2n) is 4.45. The molecule has 2 rings (SSSR count). The van der Waals surface area contributed by atoms with Gasteiger partial charge in [-0.25, -0.2) is 9.97 Å². The van der Waals surface area contributed by atoms with Gasteiger partial charge in [0.15, 0.2) is 0 Å². The van der Waals surface area contributed by atoms with Gasteiger partial charge in [0, 0.05) is 12.7 Å². The van der Waals surface area contributed by atoms with Gasteiger partial charge in [0.2, 0.25) is 5.95 Å². The molecule has 0 aromatic carbocycles. The van der Waals surface area contributed by atoms with E-state index in [1.54, 1.807) is 11.8 Å². The number of nitrogens with one attached hydrogen (secondary N) is 1. The van der Waals surface area contributed by atoms with Crippen LogP contribution in [0, 0.1) is 0 Å². The van der Waals surface area contributed by atoms with Crippen LogP contribution >= 0.6 is 11.8 Å². The third kappa shape index (κ3) is 3.97. The van der Waals surface area contributed by atoms with E-state index in [1.807, 2.05) is 0 Å². The molecular weight excluding hydrogens is 279 g/mol. The number of aliphatic hydroxyl groups is 1. The van der Waals surface area contributed by atoms with Crippen molar-refractivity contribution in [2.45, 2.75) is 24.6 Å². The molecule has 1 fully saturated rings. The van der Waals surface area contributed by atoms with Gasteiger partial charge in [-0.15, -0.1) is 0 Å². The number of aromatic nitrogens is 2. The SMILES string of the molecule is OC1(CNc2nccc(C(F)(F)F)n2)CCSCC1. The maximum atomic E-state index is 12.5. The Balaban J connectivity index is 1.99. The Morgan fingerprint density at radius 3 is 2.68 bits per heavy atom. The Morgan fingerprint density at radius 2 is 2.05 bits per heavy atom. The number of anilines is 1. The largest absolute Gasteiger partial charge is 0.433 e. The molecule has 19 heavy (non-hydrogen) atoms. The van der Waals surface area contributed by atoms with Crippen LogP contribution in [-0.4, -0.2) is 38.7 Å². The molecule has 0 radical (unpaired) electrons. The summed E-state index contributed by atoms with van der Waals surface area (Å²) >= 11 is 1.76. The monoisotopic (exact) mass is 293 g/mol. The number of hydrogen-bond acceptors (Lipinski definition) is 5. The molecule has 2 N–H and O–H groups in total. The van der Waals surface area contributed by atoms with Gasteiger partial charge in [-0.1, -0.05) is 0 Å². The van der Waals surface area contributed by atoms with Crippen molar-refractivity contribution in [3.63, 3.8) is 0 Å². The molecule has 0 atom stereocenters. The quantitative estimate of drug-likeness (QED) is 0.894. The lowest BCUT2D eigenvalue weighted by molar-refractivity contribution is -0.141. The third-order valence-electron chi connectivity index (χ3n) is 2.95. The lowest BCUT2D eigenvalue weighted by atomic mass is 9.97. The van der Waals surface area contributed by atoms with Gasteiger partial charge in [-0.3, -0.25) is 0 Å². The minimum absolute atomic E-state index is 0.110. The van der Waals surface area contributed by atoms with E-state index >= 15 is 0 Å². The molecule has 106 valence electrons. The summed E-state index contributed by atoms with van der Waals surface area (Å²) in [5, 5.41) is 12.9. The van der Waals surface area contributed by atoms with Crippen molar-refractivity contribution >= 4 is 17.7 Å². The van der Waals surface area contributed by atoms with Crippen molar-refractivity contribution in [1.82, 2.24) is 9.97 Å². The highest BCUT2D eigenvalue weighted by Gasteiger charge is 2.33. The average Bonchev–Trinajstić information content (AvgIpc) is 2.37. The highest BCUT2D eigenvalue weighted by molar-refractivity contribution is 7.99. The first-order valence-electron chi connectivity index (χ1n) is 5.83. The molecule has 8 heteroatoms. The fourth-order valence-electron chi connectivity index (χ4n) is 1.77. The molecule has 0 bridgehead atoms. The van der Waals surface area contributed by atoms with Crippen molar-refractivity contribution < 1.29 is 18.3 Å². The van der Waals surface area contributed by atoms with E-state index in [0.29, 0.717) is 12.8 Å². The number of thioether (sulfide) groups is 1. The zero-order chi connectivity index (χ0) is 13.9. The van der Waals surface area contributed by atoms with Crippen molar-refractivity contribution in [2.75, 3.05) is 23.4 Å². The van der Waals surface area contributed by atoms with Gasteiger partial charge in [0.05, 0.1) is 5.60 Å². The van der Waals surface area contributed by atoms with Crippen molar-refractivity contribution in [3.8, 4) is 0 Å². The van der Waals surface area contributed by atoms with E-state index in [9.17, 15) is 18.3 Å². The molecule has 1 saturated heterocycles. The van der Waals surface area contributed by atoms with Crippen molar-refractivity contribution in [2.24, 2.45) is 0 Å². The highest BCUT2D eigenvalue weighted by atomic mass is 32.2. The Morgan fingerprint density at radius 1 is 1.37 bits per heavy atom. The molecular formula is C11H14F3N3OS. The van der Waals surface area contributed by atoms with Crippen molar-refractivity contribution in [3.05, 3.63) is 18.0 Å². The number of halogens is 3. The predicted molar refractivity (Wildman–Crippen MR) is 67.0 cm³/mol. The Hall–Kier alpha value is -1.02. The maximum Gasteiger partial charge on any atom is 0.433 e. The van der Waals surface area contributed by atoms with E-state index in [0.717, 1.165) is 23.8 Å². The summed E-state index contributed by atoms with van der Waals surface area (Å²) in [6, 6.07) is 0.817. The normalized spacial score (nSPS) is 19.2. The summed E-state index contributed by atoms with van der Waals surface area (Å²) in [4.78, 5) is 7.13. The minimum Gasteiger partial charge on any atom is -0.388 e. The fraction of sp³-hybridized carbons (Fsp3) is 0.636. The standard InChI is InChI=1S/C11H14F3N3OS/c12-11(13,14)8-1-4-15-9(17-8)16-7-10(18)2-5-19-6-3-10/h1,4,18H,2-3,5-7H2,(H,15,16,17). The zero-order valence-corrected chi connectivity index (χ0v) is 10.9. The minimum atomic E-state index is -4.49. The summed E-state index contributed by atoms with van der Waals surface area (Å²) in [6.45, 7) is 0.162. The zero-order valence-electron chi connectivity index (χ0n) is 10.1. The van der Waals surface area contributed by atoms with E-state index in [2.05, 4.69) is 15.3 Å². The van der Waals surface area contributed by atoms with Crippen LogP contribution in [0.15, 0.2) is 12.3 Å². The van der Waals surface area contributed by atoms with Crippen LogP contribution in [0.1, 0.15) is 18.5 Å². The van der Waals surface area contributed by atoms with E-state index in [4.69, 9.17) is 0 Å². The topological polar surface area (TPSA) is 58.0 Å². The molecule has 2 heterocycles. The summed E-state index contributed by atoms with van der Waals surface area (Å²) in [5.74, 6) is 1.59. The second-order valence-corrected chi connectivity index (χ2v) is 5.68. The lowest BCUT2D eigenvalue weighted by Crippen LogP contribution is -2.40. The molecule has 1 aliphatic heterocycles. The molecule has 1 aliphatic rings. The van der Waals surface area contributed by atoms with Gasteiger partial charge in [-0.2, -0.15) is 24.9 Å². The van der Waals surface area contributed by atoms with Crippen LogP contribution in [0.5, 0.6) is 0 Å². The van der Waals surface area contributed by atoms with Crippen molar-refractivity contribution in [1.29, 1.82) is 0 Å². The van der Waals surface area contributed by atoms with Gasteiger partial charge in [-0.05, 0) is 30.4 Å². The van der Waals surface area contributed by atoms with Crippen LogP contribution in [0.25, 0.3) is 0 Å². The van der Waals surface area contributed by atoms with Crippen LogP contribution in [0.2, 0.25) is 0 Å². The van der Waals surface area contributed by atoms with Crippen LogP contribution < -0.4 is 5.32 Å². The van der Waals surface area contributed by atoms with Crippen LogP contribution in [0.4, 0.5) is 19.1 Å². The molecule has 1 aromatic heterocycles. The third-order valence-corrected chi connectivity index (χ3v) is 3.93. The number of alkyl halides is 3. The molecule has 0 amide bonds. The number of nitrogens with zero attached hydrogens (tertiary/aromatic N) is 2. The van der Waals surface area contributed by atoms with Gasteiger partial charge >= 0.3 is 6.18 Å². The molecule has 0 unspecified atom stereocenters. The summed E-state index contributed by atoms with van der Waals surface area (Å²) in [7, 11) is 0. The van der Waals surface area contributed by atoms with Crippen LogP contribution in [-0.2, 0) is 6.18 Å². The molecule has 0 aliphatic carbocycles. The summed E-state index contributed by atoms with van der Waals surface area (Å²) in [6.07, 6.45) is -2.20. The number of hydrogen-bond donors (Lipinski definition) is 2. The smallest absolute Gasteiger partial charge is 0.388 e. The number of rotatable bonds is 3. The molecule has 0 spiro atoms. The first-order valence-corrected chi connectivity index (χ1v) is 6.99. The van der Waals surface area contributed by atoms with E-state index in [-0.39, 0.29) is 12.5 Å². The average molecular weight is 293 g/mol. The summed E-state index contributed by atoms with van der Waals surface area (Å²) < 4.78 is 37.4. The first-order chi connectivity index (χ1) is 8.89.